The van der Waals surface area contributed by atoms with Crippen molar-refractivity contribution in [3.05, 3.63) is 36.3 Å². The number of H-pyrrole nitrogens is 1. The SMILES string of the molecule is N#Cc1nccnc1N1CCN(C(=O)c2cnc[nH]2)CC(O)C1. The summed E-state index contributed by atoms with van der Waals surface area (Å²) in [5, 5.41) is 19.3. The van der Waals surface area contributed by atoms with Crippen molar-refractivity contribution in [1.82, 2.24) is 24.8 Å². The van der Waals surface area contributed by atoms with Gasteiger partial charge in [-0.15, -0.1) is 0 Å². The molecule has 3 heterocycles. The number of rotatable bonds is 2. The summed E-state index contributed by atoms with van der Waals surface area (Å²) >= 11 is 0. The number of hydrogen-bond donors (Lipinski definition) is 2. The van der Waals surface area contributed by atoms with Gasteiger partial charge >= 0.3 is 0 Å². The maximum absolute atomic E-state index is 12.4. The Hall–Kier alpha value is -2.99. The number of carbonyl (C=O) groups is 1. The highest BCUT2D eigenvalue weighted by molar-refractivity contribution is 5.92. The van der Waals surface area contributed by atoms with Crippen molar-refractivity contribution in [2.45, 2.75) is 6.10 Å². The topological polar surface area (TPSA) is 122 Å². The minimum atomic E-state index is -0.752. The lowest BCUT2D eigenvalue weighted by atomic mass is 10.3. The van der Waals surface area contributed by atoms with Gasteiger partial charge in [0.2, 0.25) is 0 Å². The van der Waals surface area contributed by atoms with Crippen molar-refractivity contribution in [2.75, 3.05) is 31.1 Å². The maximum Gasteiger partial charge on any atom is 0.272 e. The summed E-state index contributed by atoms with van der Waals surface area (Å²) in [6.45, 7) is 1.33. The van der Waals surface area contributed by atoms with E-state index in [0.29, 0.717) is 24.6 Å². The molecule has 0 radical (unpaired) electrons. The first-order valence-electron chi connectivity index (χ1n) is 7.11. The van der Waals surface area contributed by atoms with Crippen LogP contribution < -0.4 is 4.90 Å². The Kier molecular flexibility index (Phi) is 4.16. The quantitative estimate of drug-likeness (QED) is 0.758. The van der Waals surface area contributed by atoms with Gasteiger partial charge in [0.15, 0.2) is 11.5 Å². The molecule has 1 amide bonds. The number of β-amino-alcohol motifs (C(OH)–C–C–N with tert-alkyl or cyclic N) is 1. The van der Waals surface area contributed by atoms with Crippen LogP contribution in [0.2, 0.25) is 0 Å². The molecule has 23 heavy (non-hydrogen) atoms. The summed E-state index contributed by atoms with van der Waals surface area (Å²) in [7, 11) is 0. The first-order chi connectivity index (χ1) is 11.2. The van der Waals surface area contributed by atoms with Crippen molar-refractivity contribution in [3.63, 3.8) is 0 Å². The lowest BCUT2D eigenvalue weighted by Gasteiger charge is -2.22. The van der Waals surface area contributed by atoms with E-state index in [-0.39, 0.29) is 24.7 Å². The Balaban J connectivity index is 1.79. The van der Waals surface area contributed by atoms with Crippen LogP contribution in [0, 0.1) is 11.3 Å². The molecule has 1 saturated heterocycles. The minimum absolute atomic E-state index is 0.202. The predicted octanol–water partition coefficient (Wildman–Crippen LogP) is -0.605. The number of aromatic nitrogens is 4. The van der Waals surface area contributed by atoms with Crippen LogP contribution >= 0.6 is 0 Å². The van der Waals surface area contributed by atoms with E-state index in [1.54, 1.807) is 9.80 Å². The Morgan fingerprint density at radius 2 is 2.17 bits per heavy atom. The van der Waals surface area contributed by atoms with Gasteiger partial charge in [0.05, 0.1) is 18.6 Å². The van der Waals surface area contributed by atoms with E-state index >= 15 is 0 Å². The standard InChI is InChI=1S/C14H15N7O2/c15-5-11-13(18-2-1-17-11)20-3-4-21(8-10(22)7-20)14(23)12-6-16-9-19-12/h1-2,6,9-10,22H,3-4,7-8H2,(H,16,19). The average Bonchev–Trinajstić information content (AvgIpc) is 3.04. The van der Waals surface area contributed by atoms with Crippen LogP contribution in [-0.2, 0) is 0 Å². The fourth-order valence-corrected chi connectivity index (χ4v) is 2.55. The average molecular weight is 313 g/mol. The predicted molar refractivity (Wildman–Crippen MR) is 79.5 cm³/mol. The number of anilines is 1. The van der Waals surface area contributed by atoms with Gasteiger partial charge in [-0.25, -0.2) is 15.0 Å². The molecular weight excluding hydrogens is 298 g/mol. The highest BCUT2D eigenvalue weighted by Gasteiger charge is 2.27. The summed E-state index contributed by atoms with van der Waals surface area (Å²) in [6.07, 6.45) is 5.09. The summed E-state index contributed by atoms with van der Waals surface area (Å²) in [6, 6.07) is 1.99. The number of hydrogen-bond acceptors (Lipinski definition) is 7. The van der Waals surface area contributed by atoms with Gasteiger partial charge in [-0.05, 0) is 0 Å². The number of aliphatic hydroxyl groups is 1. The third kappa shape index (κ3) is 3.12. The van der Waals surface area contributed by atoms with Crippen LogP contribution in [0.4, 0.5) is 5.82 Å². The van der Waals surface area contributed by atoms with E-state index in [2.05, 4.69) is 19.9 Å². The van der Waals surface area contributed by atoms with Gasteiger partial charge in [0, 0.05) is 38.6 Å². The maximum atomic E-state index is 12.4. The molecule has 1 unspecified atom stereocenters. The second-order valence-corrected chi connectivity index (χ2v) is 5.16. The molecule has 1 aliphatic heterocycles. The zero-order chi connectivity index (χ0) is 16.2. The molecule has 0 spiro atoms. The van der Waals surface area contributed by atoms with E-state index in [9.17, 15) is 9.90 Å². The molecule has 0 bridgehead atoms. The lowest BCUT2D eigenvalue weighted by Crippen LogP contribution is -2.37. The van der Waals surface area contributed by atoms with Crippen LogP contribution in [0.15, 0.2) is 24.9 Å². The van der Waals surface area contributed by atoms with E-state index in [1.165, 1.54) is 24.9 Å². The molecule has 1 aliphatic rings. The monoisotopic (exact) mass is 313 g/mol. The van der Waals surface area contributed by atoms with Gasteiger partial charge in [-0.2, -0.15) is 5.26 Å². The Labute approximate surface area is 132 Å². The number of amides is 1. The normalized spacial score (nSPS) is 18.3. The highest BCUT2D eigenvalue weighted by atomic mass is 16.3. The van der Waals surface area contributed by atoms with Crippen LogP contribution in [0.3, 0.4) is 0 Å². The summed E-state index contributed by atoms with van der Waals surface area (Å²) < 4.78 is 0. The van der Waals surface area contributed by atoms with E-state index in [0.717, 1.165) is 0 Å². The molecule has 9 heteroatoms. The second-order valence-electron chi connectivity index (χ2n) is 5.16. The zero-order valence-corrected chi connectivity index (χ0v) is 12.3. The van der Waals surface area contributed by atoms with Crippen molar-refractivity contribution in [3.8, 4) is 6.07 Å². The molecule has 9 nitrogen and oxygen atoms in total. The molecule has 1 atom stereocenters. The molecule has 2 aromatic rings. The number of nitriles is 1. The third-order valence-electron chi connectivity index (χ3n) is 3.60. The van der Waals surface area contributed by atoms with E-state index < -0.39 is 6.10 Å². The van der Waals surface area contributed by atoms with Crippen LogP contribution in [0.5, 0.6) is 0 Å². The number of nitrogens with one attached hydrogen (secondary N) is 1. The molecular formula is C14H15N7O2. The Morgan fingerprint density at radius 1 is 1.35 bits per heavy atom. The van der Waals surface area contributed by atoms with Crippen molar-refractivity contribution in [1.29, 1.82) is 5.26 Å². The van der Waals surface area contributed by atoms with Gasteiger partial charge in [0.1, 0.15) is 11.8 Å². The van der Waals surface area contributed by atoms with E-state index in [1.807, 2.05) is 6.07 Å². The molecule has 2 N–H and O–H groups in total. The molecule has 2 aromatic heterocycles. The molecule has 1 fully saturated rings. The molecule has 0 aromatic carbocycles. The molecule has 3 rings (SSSR count). The van der Waals surface area contributed by atoms with Gasteiger partial charge in [-0.1, -0.05) is 0 Å². The fourth-order valence-electron chi connectivity index (χ4n) is 2.55. The number of nitrogens with zero attached hydrogens (tertiary/aromatic N) is 6. The van der Waals surface area contributed by atoms with Crippen LogP contribution in [0.25, 0.3) is 0 Å². The first kappa shape index (κ1) is 14.9. The second kappa shape index (κ2) is 6.41. The van der Waals surface area contributed by atoms with E-state index in [4.69, 9.17) is 5.26 Å². The smallest absolute Gasteiger partial charge is 0.272 e. The van der Waals surface area contributed by atoms with Crippen molar-refractivity contribution in [2.24, 2.45) is 0 Å². The number of aliphatic hydroxyl groups excluding tert-OH is 1. The lowest BCUT2D eigenvalue weighted by molar-refractivity contribution is 0.0669. The van der Waals surface area contributed by atoms with Crippen molar-refractivity contribution >= 4 is 11.7 Å². The van der Waals surface area contributed by atoms with Gasteiger partial charge in [-0.3, -0.25) is 4.79 Å². The molecule has 0 aliphatic carbocycles. The summed E-state index contributed by atoms with van der Waals surface area (Å²) in [5.74, 6) is 0.202. The molecule has 118 valence electrons. The largest absolute Gasteiger partial charge is 0.389 e. The number of carbonyl (C=O) groups excluding carboxylic acids is 1. The van der Waals surface area contributed by atoms with Crippen LogP contribution in [0.1, 0.15) is 16.2 Å². The summed E-state index contributed by atoms with van der Waals surface area (Å²) in [5.41, 5.74) is 0.580. The van der Waals surface area contributed by atoms with Crippen LogP contribution in [-0.4, -0.2) is 68.1 Å². The summed E-state index contributed by atoms with van der Waals surface area (Å²) in [4.78, 5) is 30.5. The highest BCUT2D eigenvalue weighted by Crippen LogP contribution is 2.17. The number of aromatic amines is 1. The first-order valence-corrected chi connectivity index (χ1v) is 7.11. The molecule has 0 saturated carbocycles. The number of imidazole rings is 1. The Morgan fingerprint density at radius 3 is 2.91 bits per heavy atom. The minimum Gasteiger partial charge on any atom is -0.389 e. The van der Waals surface area contributed by atoms with Crippen molar-refractivity contribution < 1.29 is 9.90 Å². The van der Waals surface area contributed by atoms with Gasteiger partial charge in [0.25, 0.3) is 5.91 Å². The van der Waals surface area contributed by atoms with Gasteiger partial charge < -0.3 is 19.9 Å². The third-order valence-corrected chi connectivity index (χ3v) is 3.60. The zero-order valence-electron chi connectivity index (χ0n) is 12.3. The Bertz CT molecular complexity index is 725. The fraction of sp³-hybridized carbons (Fsp3) is 0.357.